The van der Waals surface area contributed by atoms with Crippen molar-refractivity contribution in [2.75, 3.05) is 26.0 Å². The van der Waals surface area contributed by atoms with E-state index in [0.29, 0.717) is 24.2 Å². The van der Waals surface area contributed by atoms with Crippen LogP contribution in [-0.2, 0) is 0 Å². The number of thioether (sulfide) groups is 1. The molecule has 0 aliphatic carbocycles. The summed E-state index contributed by atoms with van der Waals surface area (Å²) in [6.07, 6.45) is 4.54. The van der Waals surface area contributed by atoms with Gasteiger partial charge in [-0.3, -0.25) is 0 Å². The molecule has 0 amide bonds. The average Bonchev–Trinajstić information content (AvgIpc) is 2.78. The third-order valence-corrected chi connectivity index (χ3v) is 3.89. The molecule has 0 spiro atoms. The lowest BCUT2D eigenvalue weighted by Gasteiger charge is -2.23. The van der Waals surface area contributed by atoms with E-state index < -0.39 is 0 Å². The third-order valence-electron chi connectivity index (χ3n) is 2.84. The van der Waals surface area contributed by atoms with Crippen LogP contribution in [0.5, 0.6) is 0 Å². The van der Waals surface area contributed by atoms with Gasteiger partial charge in [-0.2, -0.15) is 16.7 Å². The predicted octanol–water partition coefficient (Wildman–Crippen LogP) is 1.47. The van der Waals surface area contributed by atoms with E-state index in [-0.39, 0.29) is 0 Å². The van der Waals surface area contributed by atoms with E-state index in [4.69, 9.17) is 5.73 Å². The van der Waals surface area contributed by atoms with Gasteiger partial charge in [-0.15, -0.1) is 0 Å². The number of hydrogen-bond acceptors (Lipinski definition) is 7. The van der Waals surface area contributed by atoms with Crippen LogP contribution in [0.25, 0.3) is 0 Å². The molecule has 7 heteroatoms. The molecule has 19 heavy (non-hydrogen) atoms. The van der Waals surface area contributed by atoms with Crippen LogP contribution in [0.15, 0.2) is 34.0 Å². The average molecular weight is 283 g/mol. The SMILES string of the molecule is C=C(N)C1=C(N=CC)N(CC(CCN=O)SC)CN1. The molecule has 1 unspecified atom stereocenters. The van der Waals surface area contributed by atoms with Crippen LogP contribution >= 0.6 is 11.8 Å². The molecule has 1 heterocycles. The summed E-state index contributed by atoms with van der Waals surface area (Å²) in [4.78, 5) is 16.7. The molecule has 0 aromatic rings. The van der Waals surface area contributed by atoms with Gasteiger partial charge in [-0.1, -0.05) is 11.8 Å². The van der Waals surface area contributed by atoms with Crippen molar-refractivity contribution in [3.63, 3.8) is 0 Å². The number of nitroso groups, excluding NO2 is 1. The minimum absolute atomic E-state index is 0.340. The topological polar surface area (TPSA) is 83.1 Å². The maximum Gasteiger partial charge on any atom is 0.155 e. The van der Waals surface area contributed by atoms with Crippen molar-refractivity contribution < 1.29 is 0 Å². The van der Waals surface area contributed by atoms with Gasteiger partial charge in [0.25, 0.3) is 0 Å². The zero-order chi connectivity index (χ0) is 14.3. The molecular weight excluding hydrogens is 262 g/mol. The predicted molar refractivity (Wildman–Crippen MR) is 81.8 cm³/mol. The maximum absolute atomic E-state index is 10.2. The highest BCUT2D eigenvalue weighted by Crippen LogP contribution is 2.22. The molecule has 1 aliphatic heterocycles. The second kappa shape index (κ2) is 7.83. The normalized spacial score (nSPS) is 16.8. The lowest BCUT2D eigenvalue weighted by atomic mass is 10.3. The van der Waals surface area contributed by atoms with E-state index in [9.17, 15) is 4.91 Å². The van der Waals surface area contributed by atoms with Crippen molar-refractivity contribution in [2.24, 2.45) is 15.9 Å². The minimum atomic E-state index is 0.340. The Hall–Kier alpha value is -1.50. The highest BCUT2D eigenvalue weighted by atomic mass is 32.2. The number of rotatable bonds is 8. The largest absolute Gasteiger partial charge is 0.397 e. The number of aliphatic imine (C=N–C) groups is 1. The van der Waals surface area contributed by atoms with E-state index in [1.165, 1.54) is 0 Å². The van der Waals surface area contributed by atoms with Gasteiger partial charge in [-0.05, 0) is 19.6 Å². The molecule has 1 rings (SSSR count). The highest BCUT2D eigenvalue weighted by Gasteiger charge is 2.24. The van der Waals surface area contributed by atoms with Crippen LogP contribution in [0.2, 0.25) is 0 Å². The van der Waals surface area contributed by atoms with Crippen LogP contribution in [0.4, 0.5) is 0 Å². The fraction of sp³-hybridized carbons (Fsp3) is 0.583. The van der Waals surface area contributed by atoms with Gasteiger partial charge < -0.3 is 16.0 Å². The molecule has 0 aromatic carbocycles. The first kappa shape index (κ1) is 15.6. The minimum Gasteiger partial charge on any atom is -0.397 e. The summed E-state index contributed by atoms with van der Waals surface area (Å²) < 4.78 is 0. The van der Waals surface area contributed by atoms with E-state index in [0.717, 1.165) is 24.5 Å². The smallest absolute Gasteiger partial charge is 0.155 e. The van der Waals surface area contributed by atoms with Gasteiger partial charge in [0, 0.05) is 18.0 Å². The van der Waals surface area contributed by atoms with E-state index in [2.05, 4.69) is 27.0 Å². The summed E-state index contributed by atoms with van der Waals surface area (Å²) in [5.74, 6) is 0.813. The Morgan fingerprint density at radius 1 is 1.74 bits per heavy atom. The standard InChI is InChI=1S/C12H21N5OS/c1-4-14-12-11(9(2)13)15-8-17(12)7-10(19-3)5-6-16-18/h4,10,15H,2,5-8,13H2,1,3H3. The lowest BCUT2D eigenvalue weighted by molar-refractivity contribution is 0.357. The number of nitrogens with one attached hydrogen (secondary N) is 1. The third kappa shape index (κ3) is 4.27. The number of nitrogens with zero attached hydrogens (tertiary/aromatic N) is 3. The Labute approximate surface area is 118 Å². The van der Waals surface area contributed by atoms with Gasteiger partial charge in [-0.25, -0.2) is 4.99 Å². The van der Waals surface area contributed by atoms with Gasteiger partial charge in [0.05, 0.1) is 18.9 Å². The second-order valence-corrected chi connectivity index (χ2v) is 5.31. The van der Waals surface area contributed by atoms with Crippen LogP contribution in [0.1, 0.15) is 13.3 Å². The van der Waals surface area contributed by atoms with E-state index >= 15 is 0 Å². The molecule has 0 radical (unpaired) electrons. The quantitative estimate of drug-likeness (QED) is 0.520. The first-order valence-electron chi connectivity index (χ1n) is 6.12. The molecule has 6 nitrogen and oxygen atoms in total. The lowest BCUT2D eigenvalue weighted by Crippen LogP contribution is -2.31. The monoisotopic (exact) mass is 283 g/mol. The van der Waals surface area contributed by atoms with Crippen LogP contribution in [0, 0.1) is 4.91 Å². The summed E-state index contributed by atoms with van der Waals surface area (Å²) >= 11 is 1.73. The van der Waals surface area contributed by atoms with Crippen molar-refractivity contribution >= 4 is 18.0 Å². The molecular formula is C12H21N5OS. The Morgan fingerprint density at radius 3 is 3.00 bits per heavy atom. The Balaban J connectivity index is 2.77. The van der Waals surface area contributed by atoms with Crippen molar-refractivity contribution in [3.8, 4) is 0 Å². The number of hydrogen-bond donors (Lipinski definition) is 2. The summed E-state index contributed by atoms with van der Waals surface area (Å²) in [5.41, 5.74) is 7.02. The molecule has 3 N–H and O–H groups in total. The summed E-state index contributed by atoms with van der Waals surface area (Å²) in [6, 6.07) is 0. The molecule has 0 saturated heterocycles. The molecule has 106 valence electrons. The fourth-order valence-corrected chi connectivity index (χ4v) is 2.56. The van der Waals surface area contributed by atoms with Gasteiger partial charge in [0.2, 0.25) is 0 Å². The van der Waals surface area contributed by atoms with Gasteiger partial charge in [0.15, 0.2) is 5.82 Å². The van der Waals surface area contributed by atoms with Crippen molar-refractivity contribution in [1.29, 1.82) is 0 Å². The van der Waals surface area contributed by atoms with Gasteiger partial charge in [0.1, 0.15) is 5.70 Å². The summed E-state index contributed by atoms with van der Waals surface area (Å²) in [5, 5.41) is 6.46. The first-order valence-corrected chi connectivity index (χ1v) is 7.41. The van der Waals surface area contributed by atoms with Crippen LogP contribution < -0.4 is 11.1 Å². The summed E-state index contributed by atoms with van der Waals surface area (Å²) in [7, 11) is 0. The van der Waals surface area contributed by atoms with Gasteiger partial charge >= 0.3 is 0 Å². The summed E-state index contributed by atoms with van der Waals surface area (Å²) in [6.45, 7) is 7.41. The Bertz CT molecular complexity index is 394. The number of nitrogens with two attached hydrogens (primary N) is 1. The van der Waals surface area contributed by atoms with E-state index in [1.54, 1.807) is 18.0 Å². The van der Waals surface area contributed by atoms with Crippen molar-refractivity contribution in [2.45, 2.75) is 18.6 Å². The highest BCUT2D eigenvalue weighted by molar-refractivity contribution is 7.99. The zero-order valence-corrected chi connectivity index (χ0v) is 12.2. The molecule has 1 aliphatic rings. The Kier molecular flexibility index (Phi) is 6.41. The van der Waals surface area contributed by atoms with Crippen molar-refractivity contribution in [3.05, 3.63) is 28.7 Å². The fourth-order valence-electron chi connectivity index (χ4n) is 1.89. The molecule has 0 bridgehead atoms. The molecule has 0 aromatic heterocycles. The second-order valence-electron chi connectivity index (χ2n) is 4.17. The molecule has 1 atom stereocenters. The maximum atomic E-state index is 10.2. The van der Waals surface area contributed by atoms with Crippen LogP contribution in [0.3, 0.4) is 0 Å². The molecule has 0 fully saturated rings. The zero-order valence-electron chi connectivity index (χ0n) is 11.4. The van der Waals surface area contributed by atoms with Crippen LogP contribution in [-0.4, -0.2) is 42.4 Å². The Morgan fingerprint density at radius 2 is 2.47 bits per heavy atom. The molecule has 0 saturated carbocycles. The van der Waals surface area contributed by atoms with Crippen molar-refractivity contribution in [1.82, 2.24) is 10.2 Å². The first-order chi connectivity index (χ1) is 9.13. The van der Waals surface area contributed by atoms with E-state index in [1.807, 2.05) is 13.2 Å².